The van der Waals surface area contributed by atoms with E-state index in [1.165, 1.54) is 0 Å². The highest BCUT2D eigenvalue weighted by atomic mass is 35.5. The van der Waals surface area contributed by atoms with E-state index in [-0.39, 0.29) is 17.5 Å². The number of hydrogen-bond acceptors (Lipinski definition) is 3. The van der Waals surface area contributed by atoms with Crippen LogP contribution in [0.1, 0.15) is 36.9 Å². The third-order valence-corrected chi connectivity index (χ3v) is 4.08. The van der Waals surface area contributed by atoms with Crippen molar-refractivity contribution in [3.05, 3.63) is 64.9 Å². The number of para-hydroxylation sites is 1. The van der Waals surface area contributed by atoms with Gasteiger partial charge >= 0.3 is 0 Å². The van der Waals surface area contributed by atoms with Crippen LogP contribution < -0.4 is 5.32 Å². The van der Waals surface area contributed by atoms with Gasteiger partial charge in [0.05, 0.1) is 5.69 Å². The molecule has 1 heterocycles. The first-order valence-electron chi connectivity index (χ1n) is 7.90. The van der Waals surface area contributed by atoms with Crippen LogP contribution in [-0.4, -0.2) is 11.7 Å². The van der Waals surface area contributed by atoms with Crippen molar-refractivity contribution >= 4 is 39.9 Å². The maximum Gasteiger partial charge on any atom is 0.230 e. The number of halogens is 1. The van der Waals surface area contributed by atoms with E-state index in [0.717, 1.165) is 0 Å². The minimum Gasteiger partial charge on any atom is -0.450 e. The van der Waals surface area contributed by atoms with Crippen molar-refractivity contribution in [2.75, 3.05) is 5.32 Å². The van der Waals surface area contributed by atoms with Crippen LogP contribution >= 0.6 is 11.6 Å². The summed E-state index contributed by atoms with van der Waals surface area (Å²) in [4.78, 5) is 25.3. The van der Waals surface area contributed by atoms with Gasteiger partial charge in [0.25, 0.3) is 0 Å². The van der Waals surface area contributed by atoms with E-state index < -0.39 is 5.41 Å². The molecule has 5 heteroatoms. The molecule has 3 rings (SSSR count). The summed E-state index contributed by atoms with van der Waals surface area (Å²) in [6.07, 6.45) is 0. The van der Waals surface area contributed by atoms with Crippen molar-refractivity contribution < 1.29 is 14.0 Å². The number of furan rings is 1. The predicted molar refractivity (Wildman–Crippen MR) is 99.2 cm³/mol. The molecule has 0 radical (unpaired) electrons. The molecule has 0 bridgehead atoms. The Kier molecular flexibility index (Phi) is 4.39. The van der Waals surface area contributed by atoms with E-state index in [2.05, 4.69) is 5.32 Å². The molecule has 1 aromatic heterocycles. The fraction of sp³-hybridized carbons (Fsp3) is 0.200. The lowest BCUT2D eigenvalue weighted by atomic mass is 9.95. The van der Waals surface area contributed by atoms with E-state index in [4.69, 9.17) is 16.0 Å². The third-order valence-electron chi connectivity index (χ3n) is 3.83. The molecule has 2 aromatic carbocycles. The maximum absolute atomic E-state index is 12.9. The van der Waals surface area contributed by atoms with Crippen LogP contribution in [0.2, 0.25) is 5.02 Å². The number of fused-ring (bicyclic) bond motifs is 1. The smallest absolute Gasteiger partial charge is 0.230 e. The zero-order valence-corrected chi connectivity index (χ0v) is 15.0. The molecule has 128 valence electrons. The Balaban J connectivity index is 2.11. The van der Waals surface area contributed by atoms with Gasteiger partial charge in [-0.3, -0.25) is 9.59 Å². The highest BCUT2D eigenvalue weighted by Crippen LogP contribution is 2.33. The molecule has 0 fully saturated rings. The molecule has 3 aromatic rings. The van der Waals surface area contributed by atoms with Gasteiger partial charge in [0.15, 0.2) is 5.76 Å². The molecule has 4 nitrogen and oxygen atoms in total. The van der Waals surface area contributed by atoms with Crippen LogP contribution in [-0.2, 0) is 4.79 Å². The molecule has 0 spiro atoms. The summed E-state index contributed by atoms with van der Waals surface area (Å²) in [6, 6.07) is 13.8. The molecule has 1 N–H and O–H groups in total. The zero-order chi connectivity index (χ0) is 18.2. The highest BCUT2D eigenvalue weighted by Gasteiger charge is 2.27. The SMILES string of the molecule is CC(C)(C)C(=O)Nc1c(C(=O)c2ccc(Cl)cc2)oc2ccccc12. The molecule has 0 unspecified atom stereocenters. The number of amides is 1. The lowest BCUT2D eigenvalue weighted by Crippen LogP contribution is -2.28. The van der Waals surface area contributed by atoms with Gasteiger partial charge in [-0.2, -0.15) is 0 Å². The summed E-state index contributed by atoms with van der Waals surface area (Å²) in [5, 5.41) is 4.09. The maximum atomic E-state index is 12.9. The highest BCUT2D eigenvalue weighted by molar-refractivity contribution is 6.30. The standard InChI is InChI=1S/C20H18ClNO3/c1-20(2,3)19(24)22-16-14-6-4-5-7-15(14)25-18(16)17(23)12-8-10-13(21)11-9-12/h4-11H,1-3H3,(H,22,24). The number of ketones is 1. The number of benzene rings is 2. The predicted octanol–water partition coefficient (Wildman–Crippen LogP) is 5.30. The molecule has 1 amide bonds. The van der Waals surface area contributed by atoms with Gasteiger partial charge in [-0.05, 0) is 36.4 Å². The van der Waals surface area contributed by atoms with E-state index in [0.29, 0.717) is 27.2 Å². The van der Waals surface area contributed by atoms with Crippen molar-refractivity contribution in [2.45, 2.75) is 20.8 Å². The van der Waals surface area contributed by atoms with Crippen molar-refractivity contribution in [1.29, 1.82) is 0 Å². The summed E-state index contributed by atoms with van der Waals surface area (Å²) >= 11 is 5.89. The topological polar surface area (TPSA) is 59.3 Å². The Bertz CT molecular complexity index is 949. The Labute approximate surface area is 150 Å². The average Bonchev–Trinajstić information content (AvgIpc) is 2.93. The summed E-state index contributed by atoms with van der Waals surface area (Å²) in [5.41, 5.74) is 0.785. The van der Waals surface area contributed by atoms with E-state index >= 15 is 0 Å². The summed E-state index contributed by atoms with van der Waals surface area (Å²) < 4.78 is 5.76. The average molecular weight is 356 g/mol. The Hall–Kier alpha value is -2.59. The summed E-state index contributed by atoms with van der Waals surface area (Å²) in [7, 11) is 0. The fourth-order valence-corrected chi connectivity index (χ4v) is 2.49. The van der Waals surface area contributed by atoms with Crippen molar-refractivity contribution in [3.63, 3.8) is 0 Å². The number of carbonyl (C=O) groups is 2. The van der Waals surface area contributed by atoms with Crippen LogP contribution in [0.4, 0.5) is 5.69 Å². The third kappa shape index (κ3) is 3.44. The molecule has 0 atom stereocenters. The lowest BCUT2D eigenvalue weighted by molar-refractivity contribution is -0.123. The first-order chi connectivity index (χ1) is 11.8. The van der Waals surface area contributed by atoms with Gasteiger partial charge in [-0.25, -0.2) is 0 Å². The zero-order valence-electron chi connectivity index (χ0n) is 14.2. The second-order valence-corrected chi connectivity index (χ2v) is 7.28. The monoisotopic (exact) mass is 355 g/mol. The van der Waals surface area contributed by atoms with Crippen molar-refractivity contribution in [3.8, 4) is 0 Å². The Morgan fingerprint density at radius 3 is 2.28 bits per heavy atom. The lowest BCUT2D eigenvalue weighted by Gasteiger charge is -2.17. The molecule has 0 aliphatic rings. The minimum absolute atomic E-state index is 0.112. The molecular weight excluding hydrogens is 338 g/mol. The summed E-state index contributed by atoms with van der Waals surface area (Å²) in [5.74, 6) is -0.387. The van der Waals surface area contributed by atoms with Crippen molar-refractivity contribution in [1.82, 2.24) is 0 Å². The van der Waals surface area contributed by atoms with Gasteiger partial charge < -0.3 is 9.73 Å². The normalized spacial score (nSPS) is 11.5. The molecule has 25 heavy (non-hydrogen) atoms. The Morgan fingerprint density at radius 2 is 1.64 bits per heavy atom. The van der Waals surface area contributed by atoms with Gasteiger partial charge in [-0.15, -0.1) is 0 Å². The van der Waals surface area contributed by atoms with Crippen LogP contribution in [0.5, 0.6) is 0 Å². The quantitative estimate of drug-likeness (QED) is 0.648. The first-order valence-corrected chi connectivity index (χ1v) is 8.28. The number of carbonyl (C=O) groups excluding carboxylic acids is 2. The molecule has 0 saturated carbocycles. The second-order valence-electron chi connectivity index (χ2n) is 6.84. The van der Waals surface area contributed by atoms with Crippen LogP contribution in [0.25, 0.3) is 11.0 Å². The number of rotatable bonds is 3. The second kappa shape index (κ2) is 6.37. The molecule has 0 aliphatic carbocycles. The van der Waals surface area contributed by atoms with Crippen molar-refractivity contribution in [2.24, 2.45) is 5.41 Å². The van der Waals surface area contributed by atoms with Gasteiger partial charge in [-0.1, -0.05) is 44.5 Å². The van der Waals surface area contributed by atoms with E-state index in [9.17, 15) is 9.59 Å². The molecule has 0 aliphatic heterocycles. The van der Waals surface area contributed by atoms with Gasteiger partial charge in [0.2, 0.25) is 11.7 Å². The van der Waals surface area contributed by atoms with Crippen LogP contribution in [0.15, 0.2) is 52.9 Å². The minimum atomic E-state index is -0.598. The number of anilines is 1. The van der Waals surface area contributed by atoms with Gasteiger partial charge in [0.1, 0.15) is 5.58 Å². The van der Waals surface area contributed by atoms with Crippen LogP contribution in [0.3, 0.4) is 0 Å². The molecule has 0 saturated heterocycles. The fourth-order valence-electron chi connectivity index (χ4n) is 2.36. The van der Waals surface area contributed by atoms with E-state index in [1.807, 2.05) is 39.0 Å². The molecular formula is C20H18ClNO3. The summed E-state index contributed by atoms with van der Waals surface area (Å²) in [6.45, 7) is 5.43. The first kappa shape index (κ1) is 17.2. The largest absolute Gasteiger partial charge is 0.450 e. The number of hydrogen-bond donors (Lipinski definition) is 1. The number of nitrogens with one attached hydrogen (secondary N) is 1. The van der Waals surface area contributed by atoms with Gasteiger partial charge in [0, 0.05) is 21.4 Å². The van der Waals surface area contributed by atoms with Crippen LogP contribution in [0, 0.1) is 5.41 Å². The Morgan fingerprint density at radius 1 is 1.00 bits per heavy atom. The van der Waals surface area contributed by atoms with E-state index in [1.54, 1.807) is 30.3 Å².